The molecule has 1 aromatic rings. The first kappa shape index (κ1) is 24.5. The zero-order chi connectivity index (χ0) is 24.0. The summed E-state index contributed by atoms with van der Waals surface area (Å²) in [6, 6.07) is 5.61. The van der Waals surface area contributed by atoms with Gasteiger partial charge in [0.05, 0.1) is 16.9 Å². The molecule has 0 saturated heterocycles. The summed E-state index contributed by atoms with van der Waals surface area (Å²) in [6.45, 7) is 12.6. The number of aliphatic hydroxyl groups excluding tert-OH is 1. The van der Waals surface area contributed by atoms with Crippen molar-refractivity contribution in [3.8, 4) is 0 Å². The van der Waals surface area contributed by atoms with Gasteiger partial charge >= 0.3 is 5.97 Å². The Morgan fingerprint density at radius 1 is 1.33 bits per heavy atom. The molecule has 0 radical (unpaired) electrons. The van der Waals surface area contributed by atoms with Crippen LogP contribution in [0.25, 0.3) is 0 Å². The highest BCUT2D eigenvalue weighted by Gasteiger charge is 2.68. The van der Waals surface area contributed by atoms with Crippen molar-refractivity contribution >= 4 is 23.5 Å². The molecule has 1 N–H and O–H groups in total. The number of aromatic nitrogens is 1. The van der Waals surface area contributed by atoms with Gasteiger partial charge in [-0.3, -0.25) is 9.59 Å². The van der Waals surface area contributed by atoms with Crippen molar-refractivity contribution in [3.63, 3.8) is 0 Å². The molecule has 0 spiro atoms. The van der Waals surface area contributed by atoms with Crippen LogP contribution in [0, 0.1) is 34.0 Å². The third kappa shape index (κ3) is 3.87. The van der Waals surface area contributed by atoms with Crippen LogP contribution in [0.15, 0.2) is 42.1 Å². The van der Waals surface area contributed by atoms with E-state index in [1.54, 1.807) is 6.20 Å². The fraction of sp³-hybridized carbons (Fsp3) is 0.667. The van der Waals surface area contributed by atoms with Gasteiger partial charge in [-0.1, -0.05) is 51.6 Å². The number of hydrogen-bond donors (Lipinski definition) is 1. The summed E-state index contributed by atoms with van der Waals surface area (Å²) in [4.78, 5) is 30.7. The minimum absolute atomic E-state index is 0.0277. The second-order valence-electron chi connectivity index (χ2n) is 11.0. The number of Topliss-reactive ketones (excluding diaryl/α,β-unsaturated/α-hetero) is 1. The predicted octanol–water partition coefficient (Wildman–Crippen LogP) is 5.08. The number of ether oxygens (including phenoxy) is 1. The molecule has 6 heteroatoms. The molecule has 0 aromatic carbocycles. The van der Waals surface area contributed by atoms with Gasteiger partial charge in [-0.15, -0.1) is 6.58 Å². The van der Waals surface area contributed by atoms with E-state index in [-0.39, 0.29) is 40.7 Å². The first-order chi connectivity index (χ1) is 15.6. The summed E-state index contributed by atoms with van der Waals surface area (Å²) in [5.41, 5.74) is -1.34. The molecule has 1 aromatic heterocycles. The van der Waals surface area contributed by atoms with Gasteiger partial charge in [0, 0.05) is 29.4 Å². The molecule has 3 fully saturated rings. The Morgan fingerprint density at radius 3 is 2.76 bits per heavy atom. The molecule has 1 unspecified atom stereocenters. The Balaban J connectivity index is 1.70. The van der Waals surface area contributed by atoms with E-state index in [1.165, 1.54) is 11.8 Å². The lowest BCUT2D eigenvalue weighted by atomic mass is 9.44. The molecule has 3 aliphatic carbocycles. The Bertz CT molecular complexity index is 922. The van der Waals surface area contributed by atoms with E-state index in [1.807, 2.05) is 31.2 Å². The Hall–Kier alpha value is -1.66. The summed E-state index contributed by atoms with van der Waals surface area (Å²) in [5.74, 6) is 0.130. The van der Waals surface area contributed by atoms with E-state index >= 15 is 0 Å². The fourth-order valence-electron chi connectivity index (χ4n) is 7.26. The normalized spacial score (nSPS) is 42.7. The summed E-state index contributed by atoms with van der Waals surface area (Å²) in [7, 11) is 0. The molecule has 4 rings (SSSR count). The van der Waals surface area contributed by atoms with Gasteiger partial charge in [0.25, 0.3) is 0 Å². The fourth-order valence-corrected chi connectivity index (χ4v) is 7.90. The third-order valence-corrected chi connectivity index (χ3v) is 10.5. The molecule has 0 amide bonds. The molecule has 0 aliphatic heterocycles. The van der Waals surface area contributed by atoms with E-state index in [9.17, 15) is 14.7 Å². The third-order valence-electron chi connectivity index (χ3n) is 9.55. The van der Waals surface area contributed by atoms with E-state index in [0.29, 0.717) is 12.8 Å². The largest absolute Gasteiger partial charge is 0.461 e. The lowest BCUT2D eigenvalue weighted by Crippen LogP contribution is -2.63. The zero-order valence-electron chi connectivity index (χ0n) is 20.3. The molecule has 8 atom stereocenters. The number of esters is 1. The minimum atomic E-state index is -0.648. The molecule has 180 valence electrons. The lowest BCUT2D eigenvalue weighted by Gasteiger charge is -2.61. The number of ketones is 1. The van der Waals surface area contributed by atoms with Gasteiger partial charge in [-0.2, -0.15) is 0 Å². The van der Waals surface area contributed by atoms with Crippen molar-refractivity contribution < 1.29 is 19.4 Å². The SMILES string of the molecule is C=C[C@]1(C)C[C@@H](OC(=O)CSc2ccccn2)[C@@]2(C)C3C(=O)CC[C@@]3(CC[C@H]2C)[C@@H](C)[C@@H]1O. The first-order valence-electron chi connectivity index (χ1n) is 12.2. The molecule has 3 saturated carbocycles. The van der Waals surface area contributed by atoms with Gasteiger partial charge < -0.3 is 9.84 Å². The van der Waals surface area contributed by atoms with Crippen molar-refractivity contribution in [1.29, 1.82) is 0 Å². The standard InChI is InChI=1S/C27H37NO4S/c1-6-25(4)15-20(32-22(30)16-33-21-9-7-8-14-28-21)26(5)17(2)10-12-27(18(3)24(25)31)13-11-19(29)23(26)27/h6-9,14,17-18,20,23-24,31H,1,10-13,15-16H2,2-5H3/t17-,18+,20-,23?,24+,25-,26+,27+/m1/s1. The van der Waals surface area contributed by atoms with E-state index in [2.05, 4.69) is 32.3 Å². The zero-order valence-corrected chi connectivity index (χ0v) is 21.1. The number of carbonyl (C=O) groups is 2. The van der Waals surface area contributed by atoms with Gasteiger partial charge in [0.2, 0.25) is 0 Å². The smallest absolute Gasteiger partial charge is 0.316 e. The highest BCUT2D eigenvalue weighted by atomic mass is 32.2. The number of nitrogens with zero attached hydrogens (tertiary/aromatic N) is 1. The van der Waals surface area contributed by atoms with Gasteiger partial charge in [-0.25, -0.2) is 4.98 Å². The van der Waals surface area contributed by atoms with Crippen LogP contribution in [0.4, 0.5) is 0 Å². The molecule has 33 heavy (non-hydrogen) atoms. The highest BCUT2D eigenvalue weighted by Crippen LogP contribution is 2.68. The number of aliphatic hydroxyl groups is 1. The maximum atomic E-state index is 13.4. The summed E-state index contributed by atoms with van der Waals surface area (Å²) in [5, 5.41) is 12.3. The van der Waals surface area contributed by atoms with Gasteiger partial charge in [0.15, 0.2) is 0 Å². The Kier molecular flexibility index (Phi) is 6.56. The van der Waals surface area contributed by atoms with Crippen LogP contribution in [0.5, 0.6) is 0 Å². The number of hydrogen-bond acceptors (Lipinski definition) is 6. The molecule has 3 aliphatic rings. The van der Waals surface area contributed by atoms with Crippen LogP contribution in [0.3, 0.4) is 0 Å². The number of carbonyl (C=O) groups excluding carboxylic acids is 2. The van der Waals surface area contributed by atoms with Crippen molar-refractivity contribution in [2.24, 2.45) is 34.0 Å². The number of rotatable bonds is 5. The van der Waals surface area contributed by atoms with Crippen molar-refractivity contribution in [3.05, 3.63) is 37.1 Å². The van der Waals surface area contributed by atoms with Crippen LogP contribution in [0.1, 0.15) is 59.8 Å². The van der Waals surface area contributed by atoms with Crippen LogP contribution in [0.2, 0.25) is 0 Å². The lowest BCUT2D eigenvalue weighted by molar-refractivity contribution is -0.205. The first-order valence-corrected chi connectivity index (χ1v) is 13.1. The summed E-state index contributed by atoms with van der Waals surface area (Å²) in [6.07, 6.45) is 6.13. The molecular weight excluding hydrogens is 434 g/mol. The average molecular weight is 472 g/mol. The second-order valence-corrected chi connectivity index (χ2v) is 12.0. The van der Waals surface area contributed by atoms with Crippen molar-refractivity contribution in [2.45, 2.75) is 77.0 Å². The maximum absolute atomic E-state index is 13.4. The van der Waals surface area contributed by atoms with Gasteiger partial charge in [-0.05, 0) is 55.1 Å². The maximum Gasteiger partial charge on any atom is 0.316 e. The number of pyridine rings is 1. The molecule has 2 bridgehead atoms. The van der Waals surface area contributed by atoms with Crippen LogP contribution in [-0.2, 0) is 14.3 Å². The summed E-state index contributed by atoms with van der Waals surface area (Å²) >= 11 is 1.35. The van der Waals surface area contributed by atoms with Gasteiger partial charge in [0.1, 0.15) is 11.9 Å². The molecule has 5 nitrogen and oxygen atoms in total. The topological polar surface area (TPSA) is 76.5 Å². The van der Waals surface area contributed by atoms with Crippen molar-refractivity contribution in [1.82, 2.24) is 4.98 Å². The molecular formula is C27H37NO4S. The van der Waals surface area contributed by atoms with E-state index in [0.717, 1.165) is 24.3 Å². The highest BCUT2D eigenvalue weighted by molar-refractivity contribution is 7.99. The minimum Gasteiger partial charge on any atom is -0.461 e. The predicted molar refractivity (Wildman–Crippen MR) is 130 cm³/mol. The van der Waals surface area contributed by atoms with E-state index in [4.69, 9.17) is 4.74 Å². The quantitative estimate of drug-likeness (QED) is 0.367. The van der Waals surface area contributed by atoms with Crippen LogP contribution >= 0.6 is 11.8 Å². The average Bonchev–Trinajstić information content (AvgIpc) is 3.17. The van der Waals surface area contributed by atoms with Crippen LogP contribution < -0.4 is 0 Å². The second kappa shape index (κ2) is 8.84. The Labute approximate surface area is 201 Å². The summed E-state index contributed by atoms with van der Waals surface area (Å²) < 4.78 is 6.24. The monoisotopic (exact) mass is 471 g/mol. The Morgan fingerprint density at radius 2 is 2.09 bits per heavy atom. The van der Waals surface area contributed by atoms with Crippen molar-refractivity contribution in [2.75, 3.05) is 5.75 Å². The van der Waals surface area contributed by atoms with Crippen LogP contribution in [-0.4, -0.2) is 39.8 Å². The number of thioether (sulfide) groups is 1. The molecule has 1 heterocycles. The van der Waals surface area contributed by atoms with E-state index < -0.39 is 23.0 Å².